The van der Waals surface area contributed by atoms with E-state index in [-0.39, 0.29) is 11.5 Å². The molecule has 3 N–H and O–H groups in total. The molecule has 1 aromatic carbocycles. The molecule has 1 atom stereocenters. The summed E-state index contributed by atoms with van der Waals surface area (Å²) in [7, 11) is 1.69. The van der Waals surface area contributed by atoms with E-state index in [1.807, 2.05) is 12.1 Å². The first kappa shape index (κ1) is 15.1. The molecule has 0 radical (unpaired) electrons. The van der Waals surface area contributed by atoms with Gasteiger partial charge in [-0.05, 0) is 44.6 Å². The number of nitrogens with zero attached hydrogens (tertiary/aromatic N) is 1. The van der Waals surface area contributed by atoms with E-state index in [4.69, 9.17) is 10.5 Å². The second-order valence-corrected chi connectivity index (χ2v) is 6.66. The third-order valence-electron chi connectivity index (χ3n) is 3.25. The number of hydrogen-bond donors (Lipinski definition) is 2. The van der Waals surface area contributed by atoms with Gasteiger partial charge < -0.3 is 15.5 Å². The van der Waals surface area contributed by atoms with Gasteiger partial charge in [-0.1, -0.05) is 26.8 Å². The van der Waals surface area contributed by atoms with Crippen molar-refractivity contribution in [3.8, 4) is 5.75 Å². The highest BCUT2D eigenvalue weighted by Crippen LogP contribution is 2.33. The molecule has 1 aromatic heterocycles. The highest BCUT2D eigenvalue weighted by Gasteiger charge is 2.21. The molecule has 2 rings (SSSR count). The third kappa shape index (κ3) is 3.04. The van der Waals surface area contributed by atoms with Crippen LogP contribution in [0.1, 0.15) is 43.8 Å². The second-order valence-electron chi connectivity index (χ2n) is 5.80. The summed E-state index contributed by atoms with van der Waals surface area (Å²) in [4.78, 5) is 7.38. The number of rotatable bonds is 3. The van der Waals surface area contributed by atoms with E-state index >= 15 is 0 Å². The lowest BCUT2D eigenvalue weighted by Gasteiger charge is -2.23. The zero-order valence-corrected chi connectivity index (χ0v) is 13.8. The number of H-pyrrole nitrogens is 1. The first-order valence-electron chi connectivity index (χ1n) is 6.47. The number of benzene rings is 1. The van der Waals surface area contributed by atoms with Crippen molar-refractivity contribution in [2.75, 3.05) is 7.11 Å². The van der Waals surface area contributed by atoms with Gasteiger partial charge in [-0.15, -0.1) is 0 Å². The molecule has 0 spiro atoms. The van der Waals surface area contributed by atoms with E-state index in [9.17, 15) is 0 Å². The monoisotopic (exact) mass is 337 g/mol. The molecule has 2 aromatic rings. The Kier molecular flexibility index (Phi) is 4.20. The molecule has 0 aliphatic carbocycles. The molecule has 0 saturated carbocycles. The topological polar surface area (TPSA) is 63.9 Å². The fraction of sp³-hybridized carbons (Fsp3) is 0.400. The van der Waals surface area contributed by atoms with Crippen LogP contribution in [0.5, 0.6) is 5.75 Å². The minimum Gasteiger partial charge on any atom is -0.496 e. The number of methoxy groups -OCH3 is 1. The van der Waals surface area contributed by atoms with Crippen LogP contribution in [0.3, 0.4) is 0 Å². The summed E-state index contributed by atoms with van der Waals surface area (Å²) in [6.07, 6.45) is 1.71. The highest BCUT2D eigenvalue weighted by atomic mass is 79.9. The van der Waals surface area contributed by atoms with Crippen LogP contribution in [-0.4, -0.2) is 17.1 Å². The predicted octanol–water partition coefficient (Wildman–Crippen LogP) is 3.53. The molecule has 0 amide bonds. The molecule has 0 aliphatic heterocycles. The molecule has 0 bridgehead atoms. The number of ether oxygens (including phenoxy) is 1. The maximum absolute atomic E-state index is 6.28. The highest BCUT2D eigenvalue weighted by molar-refractivity contribution is 9.10. The Labute approximate surface area is 127 Å². The Hall–Kier alpha value is -1.33. The van der Waals surface area contributed by atoms with Gasteiger partial charge in [0, 0.05) is 0 Å². The molecule has 20 heavy (non-hydrogen) atoms. The molecule has 1 heterocycles. The summed E-state index contributed by atoms with van der Waals surface area (Å²) >= 11 is 3.35. The van der Waals surface area contributed by atoms with Crippen LogP contribution in [0.4, 0.5) is 0 Å². The van der Waals surface area contributed by atoms with E-state index in [0.717, 1.165) is 27.3 Å². The Morgan fingerprint density at radius 3 is 2.55 bits per heavy atom. The first-order valence-corrected chi connectivity index (χ1v) is 7.26. The van der Waals surface area contributed by atoms with Gasteiger partial charge in [0.05, 0.1) is 19.3 Å². The molecule has 108 valence electrons. The van der Waals surface area contributed by atoms with Crippen molar-refractivity contribution in [1.29, 1.82) is 0 Å². The van der Waals surface area contributed by atoms with Crippen LogP contribution in [0.2, 0.25) is 0 Å². The van der Waals surface area contributed by atoms with Crippen LogP contribution < -0.4 is 10.5 Å². The number of nitrogens with two attached hydrogens (primary N) is 1. The van der Waals surface area contributed by atoms with E-state index in [1.165, 1.54) is 0 Å². The number of aromatic amines is 1. The Morgan fingerprint density at radius 2 is 2.05 bits per heavy atom. The lowest BCUT2D eigenvalue weighted by Crippen LogP contribution is -2.17. The molecular formula is C15H20BrN3O. The first-order chi connectivity index (χ1) is 9.32. The van der Waals surface area contributed by atoms with Crippen molar-refractivity contribution in [3.63, 3.8) is 0 Å². The van der Waals surface area contributed by atoms with Gasteiger partial charge in [0.15, 0.2) is 0 Å². The Balaban J connectivity index is 2.43. The van der Waals surface area contributed by atoms with E-state index in [2.05, 4.69) is 52.7 Å². The van der Waals surface area contributed by atoms with Crippen molar-refractivity contribution < 1.29 is 4.74 Å². The molecule has 0 aliphatic rings. The average molecular weight is 338 g/mol. The van der Waals surface area contributed by atoms with Crippen molar-refractivity contribution in [2.24, 2.45) is 5.73 Å². The van der Waals surface area contributed by atoms with E-state index in [1.54, 1.807) is 13.3 Å². The quantitative estimate of drug-likeness (QED) is 0.900. The van der Waals surface area contributed by atoms with Crippen molar-refractivity contribution in [1.82, 2.24) is 9.97 Å². The standard InChI is InChI=1S/C15H20BrN3O/c1-15(2,3)10-7-9(5-6-11(10)20-4)13(17)14-18-8-12(16)19-14/h5-8,13H,17H2,1-4H3,(H,18,19). The number of aromatic nitrogens is 2. The van der Waals surface area contributed by atoms with Crippen molar-refractivity contribution in [3.05, 3.63) is 46.0 Å². The zero-order valence-electron chi connectivity index (χ0n) is 12.2. The van der Waals surface area contributed by atoms with Gasteiger partial charge >= 0.3 is 0 Å². The summed E-state index contributed by atoms with van der Waals surface area (Å²) in [5.74, 6) is 1.62. The minimum absolute atomic E-state index is 0.00911. The third-order valence-corrected chi connectivity index (χ3v) is 3.65. The Bertz CT molecular complexity index is 601. The summed E-state index contributed by atoms with van der Waals surface area (Å²) in [5, 5.41) is 0. The Morgan fingerprint density at radius 1 is 1.35 bits per heavy atom. The maximum atomic E-state index is 6.28. The lowest BCUT2D eigenvalue weighted by molar-refractivity contribution is 0.397. The molecular weight excluding hydrogens is 318 g/mol. The van der Waals surface area contributed by atoms with Gasteiger partial charge in [-0.25, -0.2) is 4.98 Å². The SMILES string of the molecule is COc1ccc(C(N)c2ncc(Br)[nH]2)cc1C(C)(C)C. The summed E-state index contributed by atoms with van der Waals surface area (Å²) < 4.78 is 6.27. The van der Waals surface area contributed by atoms with Crippen LogP contribution in [0.25, 0.3) is 0 Å². The van der Waals surface area contributed by atoms with Gasteiger partial charge in [0.25, 0.3) is 0 Å². The number of hydrogen-bond acceptors (Lipinski definition) is 3. The van der Waals surface area contributed by atoms with Crippen LogP contribution in [0, 0.1) is 0 Å². The van der Waals surface area contributed by atoms with Gasteiger partial charge in [0.2, 0.25) is 0 Å². The van der Waals surface area contributed by atoms with Crippen molar-refractivity contribution >= 4 is 15.9 Å². The number of halogens is 1. The van der Waals surface area contributed by atoms with Gasteiger partial charge in [0.1, 0.15) is 16.2 Å². The summed E-state index contributed by atoms with van der Waals surface area (Å²) in [6.45, 7) is 6.47. The smallest absolute Gasteiger partial charge is 0.128 e. The van der Waals surface area contributed by atoms with Gasteiger partial charge in [-0.2, -0.15) is 0 Å². The van der Waals surface area contributed by atoms with Crippen molar-refractivity contribution in [2.45, 2.75) is 32.2 Å². The second kappa shape index (κ2) is 5.58. The summed E-state index contributed by atoms with van der Waals surface area (Å²) in [6, 6.07) is 5.76. The minimum atomic E-state index is -0.284. The van der Waals surface area contributed by atoms with Crippen LogP contribution in [0.15, 0.2) is 29.0 Å². The fourth-order valence-corrected chi connectivity index (χ4v) is 2.44. The number of nitrogens with one attached hydrogen (secondary N) is 1. The van der Waals surface area contributed by atoms with Crippen LogP contribution in [-0.2, 0) is 5.41 Å². The van der Waals surface area contributed by atoms with Gasteiger partial charge in [-0.3, -0.25) is 0 Å². The largest absolute Gasteiger partial charge is 0.496 e. The predicted molar refractivity (Wildman–Crippen MR) is 84.0 cm³/mol. The van der Waals surface area contributed by atoms with Crippen LogP contribution >= 0.6 is 15.9 Å². The molecule has 1 unspecified atom stereocenters. The molecule has 5 heteroatoms. The van der Waals surface area contributed by atoms with E-state index < -0.39 is 0 Å². The normalized spacial score (nSPS) is 13.3. The molecule has 4 nitrogen and oxygen atoms in total. The zero-order chi connectivity index (χ0) is 14.9. The lowest BCUT2D eigenvalue weighted by atomic mass is 9.84. The maximum Gasteiger partial charge on any atom is 0.128 e. The molecule has 0 saturated heterocycles. The fourth-order valence-electron chi connectivity index (χ4n) is 2.13. The van der Waals surface area contributed by atoms with E-state index in [0.29, 0.717) is 0 Å². The number of imidazole rings is 1. The summed E-state index contributed by atoms with van der Waals surface area (Å²) in [5.41, 5.74) is 8.42. The average Bonchev–Trinajstić information content (AvgIpc) is 2.83. The molecule has 0 fully saturated rings.